The van der Waals surface area contributed by atoms with E-state index in [9.17, 15) is 9.47 Å². The first-order chi connectivity index (χ1) is 11.6. The summed E-state index contributed by atoms with van der Waals surface area (Å²) in [6.45, 7) is 0. The van der Waals surface area contributed by atoms with Crippen molar-refractivity contribution in [1.82, 2.24) is 4.98 Å². The van der Waals surface area contributed by atoms with Gasteiger partial charge < -0.3 is 0 Å². The Hall–Kier alpha value is -2.29. The highest BCUT2D eigenvalue weighted by Gasteiger charge is 2.17. The third kappa shape index (κ3) is 3.30. The standard InChI is InChI=1S/C19H13BrN2OS/c1-24(23)19-17(12-21)16(13-5-3-2-4-6-13)11-18(22-19)14-7-9-15(20)10-8-14/h2-11H,1H3/t24-/m1/s1. The number of hydrogen-bond donors (Lipinski definition) is 0. The Morgan fingerprint density at radius 3 is 2.29 bits per heavy atom. The van der Waals surface area contributed by atoms with Crippen LogP contribution in [0.3, 0.4) is 0 Å². The van der Waals surface area contributed by atoms with Gasteiger partial charge in [0.25, 0.3) is 0 Å². The van der Waals surface area contributed by atoms with E-state index in [1.807, 2.05) is 60.7 Å². The van der Waals surface area contributed by atoms with Crippen LogP contribution in [0.5, 0.6) is 0 Å². The highest BCUT2D eigenvalue weighted by Crippen LogP contribution is 2.31. The van der Waals surface area contributed by atoms with Crippen LogP contribution in [0, 0.1) is 11.3 Å². The van der Waals surface area contributed by atoms with E-state index >= 15 is 0 Å². The Morgan fingerprint density at radius 2 is 1.71 bits per heavy atom. The number of rotatable bonds is 3. The van der Waals surface area contributed by atoms with Crippen molar-refractivity contribution in [2.45, 2.75) is 5.03 Å². The zero-order chi connectivity index (χ0) is 17.1. The van der Waals surface area contributed by atoms with Gasteiger partial charge in [-0.1, -0.05) is 58.4 Å². The first kappa shape index (κ1) is 16.6. The molecule has 0 fully saturated rings. The average Bonchev–Trinajstić information content (AvgIpc) is 2.62. The molecule has 5 heteroatoms. The number of hydrogen-bond acceptors (Lipinski definition) is 3. The molecule has 3 nitrogen and oxygen atoms in total. The Bertz CT molecular complexity index is 948. The van der Waals surface area contributed by atoms with E-state index in [2.05, 4.69) is 27.0 Å². The van der Waals surface area contributed by atoms with E-state index in [-0.39, 0.29) is 0 Å². The minimum absolute atomic E-state index is 0.316. The summed E-state index contributed by atoms with van der Waals surface area (Å²) in [4.78, 5) is 4.49. The molecule has 0 bridgehead atoms. The number of nitriles is 1. The van der Waals surface area contributed by atoms with Crippen molar-refractivity contribution < 1.29 is 4.21 Å². The summed E-state index contributed by atoms with van der Waals surface area (Å²) in [7, 11) is -1.36. The molecule has 118 valence electrons. The van der Waals surface area contributed by atoms with Crippen LogP contribution in [0.4, 0.5) is 0 Å². The van der Waals surface area contributed by atoms with Gasteiger partial charge in [-0.15, -0.1) is 0 Å². The molecule has 24 heavy (non-hydrogen) atoms. The molecule has 1 atom stereocenters. The lowest BCUT2D eigenvalue weighted by Crippen LogP contribution is -2.01. The van der Waals surface area contributed by atoms with Crippen LogP contribution in [0.15, 0.2) is 70.2 Å². The molecule has 0 amide bonds. The molecule has 0 radical (unpaired) electrons. The van der Waals surface area contributed by atoms with Crippen molar-refractivity contribution in [1.29, 1.82) is 5.26 Å². The molecule has 3 aromatic rings. The molecule has 0 saturated heterocycles. The van der Waals surface area contributed by atoms with Gasteiger partial charge >= 0.3 is 0 Å². The predicted molar refractivity (Wildman–Crippen MR) is 99.9 cm³/mol. The van der Waals surface area contributed by atoms with Crippen LogP contribution in [-0.2, 0) is 10.8 Å². The van der Waals surface area contributed by atoms with Gasteiger partial charge in [0.2, 0.25) is 0 Å². The summed E-state index contributed by atoms with van der Waals surface area (Å²) in [6, 6.07) is 21.4. The molecule has 0 aliphatic heterocycles. The number of benzene rings is 2. The third-order valence-electron chi connectivity index (χ3n) is 3.60. The van der Waals surface area contributed by atoms with Gasteiger partial charge in [0.15, 0.2) is 0 Å². The summed E-state index contributed by atoms with van der Waals surface area (Å²) in [5, 5.41) is 9.89. The number of pyridine rings is 1. The SMILES string of the molecule is C[S@@](=O)c1nc(-c2ccc(Br)cc2)cc(-c2ccccc2)c1C#N. The summed E-state index contributed by atoms with van der Waals surface area (Å²) >= 11 is 3.42. The minimum atomic E-state index is -1.36. The number of halogens is 1. The van der Waals surface area contributed by atoms with Crippen LogP contribution in [0.1, 0.15) is 5.56 Å². The fraction of sp³-hybridized carbons (Fsp3) is 0.0526. The van der Waals surface area contributed by atoms with Crippen LogP contribution in [0.2, 0.25) is 0 Å². The molecule has 2 aromatic carbocycles. The van der Waals surface area contributed by atoms with Gasteiger partial charge in [-0.25, -0.2) is 4.98 Å². The molecule has 0 aliphatic carbocycles. The van der Waals surface area contributed by atoms with Gasteiger partial charge in [-0.05, 0) is 23.8 Å². The lowest BCUT2D eigenvalue weighted by Gasteiger charge is -2.11. The Kier molecular flexibility index (Phi) is 4.89. The molecular formula is C19H13BrN2OS. The molecule has 1 aromatic heterocycles. The van der Waals surface area contributed by atoms with Crippen molar-refractivity contribution in [3.8, 4) is 28.5 Å². The highest BCUT2D eigenvalue weighted by atomic mass is 79.9. The summed E-state index contributed by atoms with van der Waals surface area (Å²) in [6.07, 6.45) is 1.54. The van der Waals surface area contributed by atoms with Crippen LogP contribution in [0.25, 0.3) is 22.4 Å². The summed E-state index contributed by atoms with van der Waals surface area (Å²) < 4.78 is 13.1. The first-order valence-electron chi connectivity index (χ1n) is 7.20. The Balaban J connectivity index is 2.29. The molecular weight excluding hydrogens is 384 g/mol. The van der Waals surface area contributed by atoms with E-state index in [4.69, 9.17) is 0 Å². The van der Waals surface area contributed by atoms with Crippen molar-refractivity contribution in [3.63, 3.8) is 0 Å². The fourth-order valence-corrected chi connectivity index (χ4v) is 3.39. The molecule has 0 aliphatic rings. The number of nitrogens with zero attached hydrogens (tertiary/aromatic N) is 2. The molecule has 0 spiro atoms. The van der Waals surface area contributed by atoms with Gasteiger partial charge in [-0.3, -0.25) is 4.21 Å². The van der Waals surface area contributed by atoms with Crippen LogP contribution in [-0.4, -0.2) is 15.4 Å². The topological polar surface area (TPSA) is 53.8 Å². The Morgan fingerprint density at radius 1 is 1.04 bits per heavy atom. The van der Waals surface area contributed by atoms with Gasteiger partial charge in [0.05, 0.1) is 22.1 Å². The molecule has 0 N–H and O–H groups in total. The predicted octanol–water partition coefficient (Wildman–Crippen LogP) is 4.79. The fourth-order valence-electron chi connectivity index (χ4n) is 2.45. The molecule has 1 heterocycles. The second kappa shape index (κ2) is 7.08. The molecule has 3 rings (SSSR count). The second-order valence-electron chi connectivity index (χ2n) is 5.17. The smallest absolute Gasteiger partial charge is 0.146 e. The average molecular weight is 397 g/mol. The van der Waals surface area contributed by atoms with E-state index in [1.54, 1.807) is 6.26 Å². The largest absolute Gasteiger partial charge is 0.253 e. The zero-order valence-corrected chi connectivity index (χ0v) is 15.3. The normalized spacial score (nSPS) is 11.7. The lowest BCUT2D eigenvalue weighted by molar-refractivity contribution is 0.684. The van der Waals surface area contributed by atoms with Crippen molar-refractivity contribution >= 4 is 26.7 Å². The van der Waals surface area contributed by atoms with Gasteiger partial charge in [0.1, 0.15) is 11.1 Å². The van der Waals surface area contributed by atoms with Crippen LogP contribution >= 0.6 is 15.9 Å². The van der Waals surface area contributed by atoms with Crippen molar-refractivity contribution in [2.75, 3.05) is 6.26 Å². The maximum atomic E-state index is 12.1. The maximum Gasteiger partial charge on any atom is 0.146 e. The van der Waals surface area contributed by atoms with E-state index in [1.165, 1.54) is 0 Å². The Labute approximate surface area is 151 Å². The van der Waals surface area contributed by atoms with E-state index < -0.39 is 10.8 Å². The second-order valence-corrected chi connectivity index (χ2v) is 7.38. The van der Waals surface area contributed by atoms with E-state index in [0.29, 0.717) is 16.3 Å². The number of aromatic nitrogens is 1. The third-order valence-corrected chi connectivity index (χ3v) is 4.96. The van der Waals surface area contributed by atoms with Crippen molar-refractivity contribution in [3.05, 3.63) is 70.7 Å². The highest BCUT2D eigenvalue weighted by molar-refractivity contribution is 9.10. The first-order valence-corrected chi connectivity index (χ1v) is 9.55. The van der Waals surface area contributed by atoms with Gasteiger partial charge in [0, 0.05) is 21.9 Å². The van der Waals surface area contributed by atoms with Gasteiger partial charge in [-0.2, -0.15) is 5.26 Å². The van der Waals surface area contributed by atoms with Crippen LogP contribution < -0.4 is 0 Å². The molecule has 0 saturated carbocycles. The van der Waals surface area contributed by atoms with Crippen molar-refractivity contribution in [2.24, 2.45) is 0 Å². The quantitative estimate of drug-likeness (QED) is 0.639. The lowest BCUT2D eigenvalue weighted by atomic mass is 9.99. The molecule has 0 unspecified atom stereocenters. The summed E-state index contributed by atoms with van der Waals surface area (Å²) in [5.74, 6) is 0. The summed E-state index contributed by atoms with van der Waals surface area (Å²) in [5.41, 5.74) is 3.62. The maximum absolute atomic E-state index is 12.1. The monoisotopic (exact) mass is 396 g/mol. The minimum Gasteiger partial charge on any atom is -0.253 e. The zero-order valence-electron chi connectivity index (χ0n) is 12.9. The van der Waals surface area contributed by atoms with E-state index in [0.717, 1.165) is 21.2 Å².